The minimum atomic E-state index is -0.545. The summed E-state index contributed by atoms with van der Waals surface area (Å²) < 4.78 is 13.3. The van der Waals surface area contributed by atoms with Crippen molar-refractivity contribution in [3.63, 3.8) is 0 Å². The summed E-state index contributed by atoms with van der Waals surface area (Å²) in [5.74, 6) is -1.49. The Morgan fingerprint density at radius 3 is 2.00 bits per heavy atom. The normalized spacial score (nSPS) is 28.3. The predicted molar refractivity (Wildman–Crippen MR) is 110 cm³/mol. The number of benzene rings is 3. The van der Waals surface area contributed by atoms with Crippen molar-refractivity contribution >= 4 is 11.8 Å². The molecule has 0 saturated carbocycles. The molecular weight excluding hydrogens is 377 g/mol. The maximum atomic E-state index is 13.7. The number of imide groups is 1. The molecule has 0 radical (unpaired) electrons. The average Bonchev–Trinajstić information content (AvgIpc) is 3.02. The fourth-order valence-corrected chi connectivity index (χ4v) is 6.14. The van der Waals surface area contributed by atoms with Gasteiger partial charge >= 0.3 is 0 Å². The summed E-state index contributed by atoms with van der Waals surface area (Å²) in [7, 11) is 0. The van der Waals surface area contributed by atoms with Crippen molar-refractivity contribution in [3.8, 4) is 0 Å². The van der Waals surface area contributed by atoms with Gasteiger partial charge in [0.15, 0.2) is 0 Å². The molecule has 148 valence electrons. The molecule has 0 spiro atoms. The van der Waals surface area contributed by atoms with E-state index in [1.165, 1.54) is 17.0 Å². The lowest BCUT2D eigenvalue weighted by Gasteiger charge is -2.52. The molecule has 7 rings (SSSR count). The van der Waals surface area contributed by atoms with Crippen LogP contribution in [0.25, 0.3) is 0 Å². The van der Waals surface area contributed by atoms with E-state index in [1.807, 2.05) is 24.3 Å². The summed E-state index contributed by atoms with van der Waals surface area (Å²) in [4.78, 5) is 28.7. The van der Waals surface area contributed by atoms with Crippen LogP contribution in [-0.2, 0) is 21.5 Å². The molecule has 1 aliphatic heterocycles. The van der Waals surface area contributed by atoms with Gasteiger partial charge in [-0.2, -0.15) is 0 Å². The second-order valence-electron chi connectivity index (χ2n) is 8.75. The van der Waals surface area contributed by atoms with Crippen molar-refractivity contribution in [2.75, 3.05) is 0 Å². The molecule has 4 aliphatic rings. The largest absolute Gasteiger partial charge is 0.278 e. The zero-order valence-electron chi connectivity index (χ0n) is 16.5. The summed E-state index contributed by atoms with van der Waals surface area (Å²) in [5, 5.41) is 0. The SMILES string of the molecule is CC12c3ccccc3C(c3ccccc31)[C@H]1C(=O)N(Cc3ccc(F)cc3)C(=O)[C@@H]12. The zero-order chi connectivity index (χ0) is 20.6. The Labute approximate surface area is 174 Å². The van der Waals surface area contributed by atoms with E-state index in [4.69, 9.17) is 0 Å². The van der Waals surface area contributed by atoms with Crippen molar-refractivity contribution in [3.05, 3.63) is 106 Å². The van der Waals surface area contributed by atoms with E-state index in [1.54, 1.807) is 12.1 Å². The highest BCUT2D eigenvalue weighted by Gasteiger charge is 2.66. The molecule has 2 bridgehead atoms. The third kappa shape index (κ3) is 2.03. The van der Waals surface area contributed by atoms with Crippen LogP contribution >= 0.6 is 0 Å². The summed E-state index contributed by atoms with van der Waals surface area (Å²) in [5.41, 5.74) is 4.83. The Hall–Kier alpha value is -3.27. The number of carbonyl (C=O) groups is 2. The number of likely N-dealkylation sites (tertiary alicyclic amines) is 1. The number of carbonyl (C=O) groups excluding carboxylic acids is 2. The molecule has 0 N–H and O–H groups in total. The van der Waals surface area contributed by atoms with Crippen LogP contribution in [-0.4, -0.2) is 16.7 Å². The highest BCUT2D eigenvalue weighted by molar-refractivity contribution is 6.08. The molecule has 1 fully saturated rings. The van der Waals surface area contributed by atoms with Gasteiger partial charge in [-0.3, -0.25) is 14.5 Å². The average molecular weight is 397 g/mol. The van der Waals surface area contributed by atoms with E-state index >= 15 is 0 Å². The van der Waals surface area contributed by atoms with Crippen molar-refractivity contribution in [2.45, 2.75) is 24.8 Å². The second kappa shape index (κ2) is 5.88. The monoisotopic (exact) mass is 397 g/mol. The maximum Gasteiger partial charge on any atom is 0.234 e. The van der Waals surface area contributed by atoms with Crippen LogP contribution < -0.4 is 0 Å². The van der Waals surface area contributed by atoms with Crippen LogP contribution in [0.15, 0.2) is 72.8 Å². The van der Waals surface area contributed by atoms with Gasteiger partial charge in [0.1, 0.15) is 5.82 Å². The third-order valence-corrected chi connectivity index (χ3v) is 7.39. The Bertz CT molecular complexity index is 1170. The Morgan fingerprint density at radius 2 is 1.40 bits per heavy atom. The van der Waals surface area contributed by atoms with Gasteiger partial charge in [0.25, 0.3) is 0 Å². The quantitative estimate of drug-likeness (QED) is 0.602. The summed E-state index contributed by atoms with van der Waals surface area (Å²) >= 11 is 0. The van der Waals surface area contributed by atoms with Crippen LogP contribution in [0.1, 0.15) is 40.7 Å². The highest BCUT2D eigenvalue weighted by Crippen LogP contribution is 2.63. The van der Waals surface area contributed by atoms with Gasteiger partial charge < -0.3 is 0 Å². The summed E-state index contributed by atoms with van der Waals surface area (Å²) in [6.45, 7) is 2.30. The van der Waals surface area contributed by atoms with E-state index in [-0.39, 0.29) is 30.1 Å². The maximum absolute atomic E-state index is 13.7. The van der Waals surface area contributed by atoms with E-state index < -0.39 is 17.3 Å². The van der Waals surface area contributed by atoms with Gasteiger partial charge in [0.05, 0.1) is 18.4 Å². The molecule has 2 atom stereocenters. The third-order valence-electron chi connectivity index (χ3n) is 7.39. The van der Waals surface area contributed by atoms with E-state index in [2.05, 4.69) is 31.2 Å². The fraction of sp³-hybridized carbons (Fsp3) is 0.231. The van der Waals surface area contributed by atoms with Gasteiger partial charge in [-0.05, 0) is 39.9 Å². The lowest BCUT2D eigenvalue weighted by atomic mass is 9.48. The smallest absolute Gasteiger partial charge is 0.234 e. The topological polar surface area (TPSA) is 37.4 Å². The van der Waals surface area contributed by atoms with Crippen molar-refractivity contribution in [2.24, 2.45) is 11.8 Å². The molecule has 3 aromatic rings. The van der Waals surface area contributed by atoms with Crippen molar-refractivity contribution in [1.29, 1.82) is 0 Å². The van der Waals surface area contributed by atoms with Gasteiger partial charge in [0, 0.05) is 11.3 Å². The van der Waals surface area contributed by atoms with Crippen LogP contribution in [0.2, 0.25) is 0 Å². The number of hydrogen-bond acceptors (Lipinski definition) is 2. The molecule has 30 heavy (non-hydrogen) atoms. The number of amides is 2. The Morgan fingerprint density at radius 1 is 0.833 bits per heavy atom. The number of hydrogen-bond donors (Lipinski definition) is 0. The molecule has 3 nitrogen and oxygen atoms in total. The molecule has 3 aromatic carbocycles. The molecule has 1 saturated heterocycles. The van der Waals surface area contributed by atoms with Crippen molar-refractivity contribution in [1.82, 2.24) is 4.90 Å². The van der Waals surface area contributed by atoms with Gasteiger partial charge in [-0.25, -0.2) is 4.39 Å². The van der Waals surface area contributed by atoms with E-state index in [9.17, 15) is 14.0 Å². The van der Waals surface area contributed by atoms with Crippen LogP contribution in [0.3, 0.4) is 0 Å². The molecular formula is C26H20FNO2. The van der Waals surface area contributed by atoms with Crippen LogP contribution in [0.5, 0.6) is 0 Å². The van der Waals surface area contributed by atoms with Crippen molar-refractivity contribution < 1.29 is 14.0 Å². The number of nitrogens with zero attached hydrogens (tertiary/aromatic N) is 1. The standard InChI is InChI=1S/C26H20FNO2/c1-26-19-8-4-2-6-17(19)21(18-7-3-5-9-20(18)26)22-23(26)25(30)28(24(22)29)14-15-10-12-16(27)13-11-15/h2-13,21-23H,14H2,1H3/t21?,22-,23-,26?/m1/s1. The Balaban J connectivity index is 1.52. The molecule has 3 aliphatic carbocycles. The van der Waals surface area contributed by atoms with E-state index in [0.29, 0.717) is 0 Å². The first-order valence-electron chi connectivity index (χ1n) is 10.3. The van der Waals surface area contributed by atoms with Crippen LogP contribution in [0.4, 0.5) is 4.39 Å². The first-order chi connectivity index (χ1) is 14.5. The highest BCUT2D eigenvalue weighted by atomic mass is 19.1. The zero-order valence-corrected chi connectivity index (χ0v) is 16.5. The molecule has 2 amide bonds. The second-order valence-corrected chi connectivity index (χ2v) is 8.75. The predicted octanol–water partition coefficient (Wildman–Crippen LogP) is 4.39. The first kappa shape index (κ1) is 17.6. The minimum absolute atomic E-state index is 0.112. The van der Waals surface area contributed by atoms with Crippen LogP contribution in [0, 0.1) is 17.7 Å². The lowest BCUT2D eigenvalue weighted by molar-refractivity contribution is -0.140. The lowest BCUT2D eigenvalue weighted by Crippen LogP contribution is -2.51. The molecule has 4 heteroatoms. The summed E-state index contributed by atoms with van der Waals surface area (Å²) in [6.07, 6.45) is 0. The van der Waals surface area contributed by atoms with Gasteiger partial charge in [-0.1, -0.05) is 67.6 Å². The van der Waals surface area contributed by atoms with Gasteiger partial charge in [0.2, 0.25) is 11.8 Å². The minimum Gasteiger partial charge on any atom is -0.278 e. The van der Waals surface area contributed by atoms with E-state index in [0.717, 1.165) is 27.8 Å². The summed E-state index contributed by atoms with van der Waals surface area (Å²) in [6, 6.07) is 22.5. The number of halogens is 1. The Kier molecular flexibility index (Phi) is 3.45. The number of rotatable bonds is 2. The molecule has 0 unspecified atom stereocenters. The molecule has 1 heterocycles. The van der Waals surface area contributed by atoms with Gasteiger partial charge in [-0.15, -0.1) is 0 Å². The first-order valence-corrected chi connectivity index (χ1v) is 10.3. The molecule has 0 aromatic heterocycles. The fourth-order valence-electron chi connectivity index (χ4n) is 6.14.